The fraction of sp³-hybridized carbons (Fsp3) is 0.923. The van der Waals surface area contributed by atoms with Gasteiger partial charge in [0.05, 0.1) is 0 Å². The van der Waals surface area contributed by atoms with Gasteiger partial charge in [0.15, 0.2) is 5.79 Å². The molecule has 0 bridgehead atoms. The number of rotatable bonds is 6. The highest BCUT2D eigenvalue weighted by Crippen LogP contribution is 2.25. The summed E-state index contributed by atoms with van der Waals surface area (Å²) in [5.41, 5.74) is 1.65. The average molecular weight is 442 g/mol. The maximum atomic E-state index is 8.38. The average Bonchev–Trinajstić information content (AvgIpc) is 3.52. The molecule has 0 spiro atoms. The standard InChI is InChI=1S/C15H29N3.C5H10.C4H10O2.C2H6/c1-4-15(7-11-17(3)12-8-15)16-13-14(2)18-9-5-6-10-18;1-2-4-5-3-1;1-3-4(2,5)6;1-2/h16H,2,4-13H2,1,3H3;1-5H2;5-6H,3H2,1-2H3;1-2H3. The second kappa shape index (κ2) is 16.9. The van der Waals surface area contributed by atoms with Crippen LogP contribution in [0.2, 0.25) is 0 Å². The molecule has 3 fully saturated rings. The molecule has 0 amide bonds. The van der Waals surface area contributed by atoms with Crippen molar-refractivity contribution in [3.05, 3.63) is 12.3 Å². The summed E-state index contributed by atoms with van der Waals surface area (Å²) in [5, 5.41) is 20.6. The van der Waals surface area contributed by atoms with Crippen LogP contribution in [-0.4, -0.2) is 71.1 Å². The lowest BCUT2D eigenvalue weighted by Crippen LogP contribution is -2.53. The Morgan fingerprint density at radius 2 is 1.32 bits per heavy atom. The Bertz CT molecular complexity index is 423. The maximum Gasteiger partial charge on any atom is 0.159 e. The topological polar surface area (TPSA) is 59.0 Å². The van der Waals surface area contributed by atoms with E-state index in [2.05, 4.69) is 35.7 Å². The third kappa shape index (κ3) is 14.2. The maximum absolute atomic E-state index is 8.38. The summed E-state index contributed by atoms with van der Waals surface area (Å²) < 4.78 is 0. The van der Waals surface area contributed by atoms with E-state index in [1.165, 1.54) is 103 Å². The molecule has 0 aromatic carbocycles. The van der Waals surface area contributed by atoms with E-state index in [4.69, 9.17) is 10.2 Å². The van der Waals surface area contributed by atoms with Crippen LogP contribution >= 0.6 is 0 Å². The predicted octanol–water partition coefficient (Wildman–Crippen LogP) is 5.13. The molecule has 5 heteroatoms. The van der Waals surface area contributed by atoms with Gasteiger partial charge in [-0.2, -0.15) is 0 Å². The van der Waals surface area contributed by atoms with Crippen LogP contribution in [0.1, 0.15) is 105 Å². The first kappa shape index (κ1) is 30.4. The predicted molar refractivity (Wildman–Crippen MR) is 135 cm³/mol. The normalized spacial score (nSPS) is 20.6. The van der Waals surface area contributed by atoms with E-state index in [1.807, 2.05) is 13.8 Å². The Labute approximate surface area is 194 Å². The molecule has 31 heavy (non-hydrogen) atoms. The number of piperidine rings is 1. The monoisotopic (exact) mass is 441 g/mol. The third-order valence-electron chi connectivity index (χ3n) is 6.76. The summed E-state index contributed by atoms with van der Waals surface area (Å²) in [6.07, 6.45) is 14.3. The number of hydrogen-bond donors (Lipinski definition) is 3. The summed E-state index contributed by atoms with van der Waals surface area (Å²) in [5.74, 6) is -1.46. The third-order valence-corrected chi connectivity index (χ3v) is 6.76. The quantitative estimate of drug-likeness (QED) is 0.499. The first-order valence-electron chi connectivity index (χ1n) is 13.0. The highest BCUT2D eigenvalue weighted by atomic mass is 16.5. The van der Waals surface area contributed by atoms with E-state index in [0.717, 1.165) is 6.54 Å². The first-order valence-corrected chi connectivity index (χ1v) is 13.0. The van der Waals surface area contributed by atoms with Gasteiger partial charge in [-0.25, -0.2) is 0 Å². The summed E-state index contributed by atoms with van der Waals surface area (Å²) in [7, 11) is 2.22. The van der Waals surface area contributed by atoms with Crippen LogP contribution in [0.4, 0.5) is 0 Å². The van der Waals surface area contributed by atoms with E-state index >= 15 is 0 Å². The van der Waals surface area contributed by atoms with Crippen LogP contribution in [0.15, 0.2) is 12.3 Å². The van der Waals surface area contributed by atoms with Crippen LogP contribution in [0, 0.1) is 0 Å². The SMILES string of the molecule is C1CCCC1.C=C(CNC1(CC)CCN(C)CC1)N1CCCC1.CC.CCC(C)(O)O. The fourth-order valence-corrected chi connectivity index (χ4v) is 4.02. The van der Waals surface area contributed by atoms with E-state index < -0.39 is 5.79 Å². The number of likely N-dealkylation sites (tertiary alicyclic amines) is 2. The molecule has 3 rings (SSSR count). The summed E-state index contributed by atoms with van der Waals surface area (Å²) in [4.78, 5) is 4.89. The number of nitrogens with zero attached hydrogens (tertiary/aromatic N) is 2. The van der Waals surface area contributed by atoms with Gasteiger partial charge < -0.3 is 25.3 Å². The van der Waals surface area contributed by atoms with Gasteiger partial charge in [0.2, 0.25) is 0 Å². The van der Waals surface area contributed by atoms with Gasteiger partial charge in [-0.05, 0) is 65.6 Å². The van der Waals surface area contributed by atoms with Crippen LogP contribution in [0.5, 0.6) is 0 Å². The summed E-state index contributed by atoms with van der Waals surface area (Å²) in [6.45, 7) is 19.5. The molecule has 1 aliphatic carbocycles. The zero-order chi connectivity index (χ0) is 23.8. The lowest BCUT2D eigenvalue weighted by atomic mass is 9.85. The molecule has 0 unspecified atom stereocenters. The van der Waals surface area contributed by atoms with Crippen molar-refractivity contribution in [1.29, 1.82) is 0 Å². The zero-order valence-electron chi connectivity index (χ0n) is 21.8. The Kier molecular flexibility index (Phi) is 16.6. The molecule has 0 aromatic rings. The number of aliphatic hydroxyl groups is 2. The first-order chi connectivity index (χ1) is 14.7. The van der Waals surface area contributed by atoms with Crippen molar-refractivity contribution in [2.24, 2.45) is 0 Å². The van der Waals surface area contributed by atoms with Crippen LogP contribution < -0.4 is 5.32 Å². The molecule has 3 N–H and O–H groups in total. The van der Waals surface area contributed by atoms with Gasteiger partial charge in [-0.1, -0.05) is 66.4 Å². The van der Waals surface area contributed by atoms with Crippen molar-refractivity contribution in [1.82, 2.24) is 15.1 Å². The van der Waals surface area contributed by atoms with Gasteiger partial charge in [-0.15, -0.1) is 0 Å². The smallest absolute Gasteiger partial charge is 0.159 e. The number of hydrogen-bond acceptors (Lipinski definition) is 5. The van der Waals surface area contributed by atoms with Crippen molar-refractivity contribution in [3.63, 3.8) is 0 Å². The minimum atomic E-state index is -1.46. The molecule has 2 saturated heterocycles. The molecule has 2 aliphatic heterocycles. The van der Waals surface area contributed by atoms with Crippen molar-refractivity contribution in [2.75, 3.05) is 39.8 Å². The van der Waals surface area contributed by atoms with Crippen molar-refractivity contribution in [3.8, 4) is 0 Å². The largest absolute Gasteiger partial charge is 0.374 e. The second-order valence-corrected chi connectivity index (χ2v) is 9.39. The van der Waals surface area contributed by atoms with E-state index in [0.29, 0.717) is 12.0 Å². The van der Waals surface area contributed by atoms with Crippen LogP contribution in [-0.2, 0) is 0 Å². The summed E-state index contributed by atoms with van der Waals surface area (Å²) in [6, 6.07) is 0. The lowest BCUT2D eigenvalue weighted by molar-refractivity contribution is -0.145. The zero-order valence-corrected chi connectivity index (χ0v) is 21.8. The molecule has 3 aliphatic rings. The molecule has 0 atom stereocenters. The second-order valence-electron chi connectivity index (χ2n) is 9.39. The highest BCUT2D eigenvalue weighted by Gasteiger charge is 2.31. The molecule has 2 heterocycles. The Hall–Kier alpha value is -0.620. The van der Waals surface area contributed by atoms with Crippen LogP contribution in [0.25, 0.3) is 0 Å². The molecule has 5 nitrogen and oxygen atoms in total. The van der Waals surface area contributed by atoms with Gasteiger partial charge in [0.1, 0.15) is 0 Å². The summed E-state index contributed by atoms with van der Waals surface area (Å²) >= 11 is 0. The minimum Gasteiger partial charge on any atom is -0.374 e. The number of nitrogens with one attached hydrogen (secondary N) is 1. The Balaban J connectivity index is 0.000000566. The van der Waals surface area contributed by atoms with Crippen LogP contribution in [0.3, 0.4) is 0 Å². The molecule has 1 saturated carbocycles. The van der Waals surface area contributed by atoms with E-state index in [-0.39, 0.29) is 0 Å². The lowest BCUT2D eigenvalue weighted by Gasteiger charge is -2.41. The highest BCUT2D eigenvalue weighted by molar-refractivity contribution is 5.02. The molecular weight excluding hydrogens is 386 g/mol. The van der Waals surface area contributed by atoms with Gasteiger partial charge >= 0.3 is 0 Å². The Morgan fingerprint density at radius 3 is 1.68 bits per heavy atom. The van der Waals surface area contributed by atoms with Crippen molar-refractivity contribution >= 4 is 0 Å². The fourth-order valence-electron chi connectivity index (χ4n) is 4.02. The van der Waals surface area contributed by atoms with Crippen molar-refractivity contribution in [2.45, 2.75) is 117 Å². The molecule has 0 aromatic heterocycles. The van der Waals surface area contributed by atoms with E-state index in [9.17, 15) is 0 Å². The Morgan fingerprint density at radius 1 is 0.903 bits per heavy atom. The van der Waals surface area contributed by atoms with Gasteiger partial charge in [0.25, 0.3) is 0 Å². The van der Waals surface area contributed by atoms with Gasteiger partial charge in [0, 0.05) is 30.9 Å². The van der Waals surface area contributed by atoms with Gasteiger partial charge in [-0.3, -0.25) is 0 Å². The van der Waals surface area contributed by atoms with E-state index in [1.54, 1.807) is 6.92 Å². The minimum absolute atomic E-state index is 0.356. The molecule has 186 valence electrons. The molecule has 0 radical (unpaired) electrons. The molecular formula is C26H55N3O2. The van der Waals surface area contributed by atoms with Crippen molar-refractivity contribution < 1.29 is 10.2 Å².